The number of fused-ring (bicyclic) bond motifs is 2. The first-order valence-electron chi connectivity index (χ1n) is 7.18. The fraction of sp³-hybridized carbons (Fsp3) is 0.929. The third kappa shape index (κ3) is 2.22. The average molecular weight is 236 g/mol. The van der Waals surface area contributed by atoms with Crippen molar-refractivity contribution in [2.24, 2.45) is 11.8 Å². The Bertz CT molecular complexity index is 301. The Labute approximate surface area is 104 Å². The van der Waals surface area contributed by atoms with Gasteiger partial charge in [0.15, 0.2) is 0 Å². The number of rotatable bonds is 3. The van der Waals surface area contributed by atoms with Gasteiger partial charge in [-0.3, -0.25) is 4.79 Å². The van der Waals surface area contributed by atoms with Gasteiger partial charge in [-0.15, -0.1) is 0 Å². The Balaban J connectivity index is 1.61. The van der Waals surface area contributed by atoms with Gasteiger partial charge in [-0.05, 0) is 44.4 Å². The van der Waals surface area contributed by atoms with Crippen molar-refractivity contribution >= 4 is 5.91 Å². The SMILES string of the molecule is CC(C(=O)N(C)C1CC2CCC(C1)N2)C1CC1. The van der Waals surface area contributed by atoms with Gasteiger partial charge in [0.05, 0.1) is 0 Å². The summed E-state index contributed by atoms with van der Waals surface area (Å²) in [6.45, 7) is 2.12. The van der Waals surface area contributed by atoms with Crippen molar-refractivity contribution in [2.75, 3.05) is 7.05 Å². The molecule has 96 valence electrons. The predicted molar refractivity (Wildman–Crippen MR) is 67.6 cm³/mol. The first kappa shape index (κ1) is 11.5. The maximum Gasteiger partial charge on any atom is 0.225 e. The lowest BCUT2D eigenvalue weighted by molar-refractivity contribution is -0.137. The molecular formula is C14H24N2O. The zero-order valence-corrected chi connectivity index (χ0v) is 11.0. The molecule has 2 heterocycles. The molecular weight excluding hydrogens is 212 g/mol. The number of carbonyl (C=O) groups excluding carboxylic acids is 1. The first-order valence-corrected chi connectivity index (χ1v) is 7.18. The average Bonchev–Trinajstić information content (AvgIpc) is 3.13. The fourth-order valence-electron chi connectivity index (χ4n) is 3.64. The smallest absolute Gasteiger partial charge is 0.225 e. The van der Waals surface area contributed by atoms with Crippen LogP contribution in [0, 0.1) is 11.8 Å². The molecule has 0 spiro atoms. The summed E-state index contributed by atoms with van der Waals surface area (Å²) in [6.07, 6.45) is 7.46. The summed E-state index contributed by atoms with van der Waals surface area (Å²) >= 11 is 0. The van der Waals surface area contributed by atoms with Crippen LogP contribution < -0.4 is 5.32 Å². The molecule has 3 unspecified atom stereocenters. The van der Waals surface area contributed by atoms with E-state index in [0.717, 1.165) is 12.8 Å². The molecule has 3 fully saturated rings. The Morgan fingerprint density at radius 2 is 1.76 bits per heavy atom. The van der Waals surface area contributed by atoms with Crippen molar-refractivity contribution in [3.05, 3.63) is 0 Å². The minimum absolute atomic E-state index is 0.257. The van der Waals surface area contributed by atoms with Crippen LogP contribution in [0.1, 0.15) is 45.4 Å². The largest absolute Gasteiger partial charge is 0.342 e. The lowest BCUT2D eigenvalue weighted by Crippen LogP contribution is -2.50. The van der Waals surface area contributed by atoms with E-state index >= 15 is 0 Å². The van der Waals surface area contributed by atoms with E-state index in [9.17, 15) is 4.79 Å². The van der Waals surface area contributed by atoms with Gasteiger partial charge in [0.2, 0.25) is 5.91 Å². The lowest BCUT2D eigenvalue weighted by atomic mass is 9.96. The highest BCUT2D eigenvalue weighted by atomic mass is 16.2. The Kier molecular flexibility index (Phi) is 2.89. The van der Waals surface area contributed by atoms with Gasteiger partial charge in [-0.2, -0.15) is 0 Å². The Hall–Kier alpha value is -0.570. The van der Waals surface area contributed by atoms with Gasteiger partial charge in [-0.25, -0.2) is 0 Å². The molecule has 1 N–H and O–H groups in total. The molecule has 2 bridgehead atoms. The molecule has 3 aliphatic rings. The Morgan fingerprint density at radius 3 is 2.29 bits per heavy atom. The van der Waals surface area contributed by atoms with Crippen LogP contribution in [0.3, 0.4) is 0 Å². The van der Waals surface area contributed by atoms with Crippen LogP contribution in [0.25, 0.3) is 0 Å². The first-order chi connectivity index (χ1) is 8.15. The monoisotopic (exact) mass is 236 g/mol. The number of nitrogens with one attached hydrogen (secondary N) is 1. The second-order valence-electron chi connectivity index (χ2n) is 6.34. The summed E-state index contributed by atoms with van der Waals surface area (Å²) in [5, 5.41) is 3.64. The van der Waals surface area contributed by atoms with Crippen LogP contribution in [-0.2, 0) is 4.79 Å². The topological polar surface area (TPSA) is 32.3 Å². The van der Waals surface area contributed by atoms with Crippen molar-refractivity contribution in [3.63, 3.8) is 0 Å². The molecule has 3 nitrogen and oxygen atoms in total. The summed E-state index contributed by atoms with van der Waals surface area (Å²) in [4.78, 5) is 14.4. The zero-order valence-electron chi connectivity index (χ0n) is 11.0. The standard InChI is InChI=1S/C14H24N2O/c1-9(10-3-4-10)14(17)16(2)13-7-11-5-6-12(8-13)15-11/h9-13,15H,3-8H2,1-2H3. The molecule has 0 aromatic heterocycles. The fourth-order valence-corrected chi connectivity index (χ4v) is 3.64. The maximum absolute atomic E-state index is 12.4. The normalized spacial score (nSPS) is 37.9. The molecule has 2 saturated heterocycles. The molecule has 1 aliphatic carbocycles. The second kappa shape index (κ2) is 4.27. The van der Waals surface area contributed by atoms with Crippen LogP contribution in [0.5, 0.6) is 0 Å². The molecule has 3 atom stereocenters. The second-order valence-corrected chi connectivity index (χ2v) is 6.34. The van der Waals surface area contributed by atoms with E-state index in [1.807, 2.05) is 7.05 Å². The van der Waals surface area contributed by atoms with E-state index in [-0.39, 0.29) is 5.92 Å². The van der Waals surface area contributed by atoms with Gasteiger partial charge in [-0.1, -0.05) is 6.92 Å². The van der Waals surface area contributed by atoms with E-state index < -0.39 is 0 Å². The quantitative estimate of drug-likeness (QED) is 0.810. The van der Waals surface area contributed by atoms with Gasteiger partial charge in [0, 0.05) is 31.1 Å². The van der Waals surface area contributed by atoms with E-state index in [1.165, 1.54) is 25.7 Å². The van der Waals surface area contributed by atoms with E-state index in [4.69, 9.17) is 0 Å². The molecule has 3 rings (SSSR count). The highest BCUT2D eigenvalue weighted by molar-refractivity contribution is 5.79. The van der Waals surface area contributed by atoms with Gasteiger partial charge in [0.25, 0.3) is 0 Å². The minimum atomic E-state index is 0.257. The minimum Gasteiger partial charge on any atom is -0.342 e. The van der Waals surface area contributed by atoms with Crippen LogP contribution in [-0.4, -0.2) is 36.0 Å². The summed E-state index contributed by atoms with van der Waals surface area (Å²) in [6, 6.07) is 1.83. The zero-order chi connectivity index (χ0) is 12.0. The molecule has 1 amide bonds. The number of piperidine rings is 1. The molecule has 1 saturated carbocycles. The summed E-state index contributed by atoms with van der Waals surface area (Å²) in [5.74, 6) is 1.33. The predicted octanol–water partition coefficient (Wildman–Crippen LogP) is 1.77. The van der Waals surface area contributed by atoms with Gasteiger partial charge >= 0.3 is 0 Å². The summed E-state index contributed by atoms with van der Waals surface area (Å²) in [5.41, 5.74) is 0. The lowest BCUT2D eigenvalue weighted by Gasteiger charge is -2.36. The van der Waals surface area contributed by atoms with E-state index in [1.54, 1.807) is 0 Å². The van der Waals surface area contributed by atoms with Gasteiger partial charge < -0.3 is 10.2 Å². The molecule has 0 aromatic carbocycles. The highest BCUT2D eigenvalue weighted by Gasteiger charge is 2.39. The summed E-state index contributed by atoms with van der Waals surface area (Å²) < 4.78 is 0. The van der Waals surface area contributed by atoms with Crippen molar-refractivity contribution in [2.45, 2.75) is 63.6 Å². The van der Waals surface area contributed by atoms with Crippen LogP contribution >= 0.6 is 0 Å². The van der Waals surface area contributed by atoms with Crippen molar-refractivity contribution in [3.8, 4) is 0 Å². The molecule has 0 aromatic rings. The van der Waals surface area contributed by atoms with E-state index in [0.29, 0.717) is 30.0 Å². The van der Waals surface area contributed by atoms with Crippen LogP contribution in [0.4, 0.5) is 0 Å². The number of nitrogens with zero attached hydrogens (tertiary/aromatic N) is 1. The molecule has 2 aliphatic heterocycles. The van der Waals surface area contributed by atoms with Crippen molar-refractivity contribution in [1.29, 1.82) is 0 Å². The van der Waals surface area contributed by atoms with Crippen molar-refractivity contribution in [1.82, 2.24) is 10.2 Å². The molecule has 0 radical (unpaired) electrons. The third-order valence-corrected chi connectivity index (χ3v) is 5.06. The maximum atomic E-state index is 12.4. The molecule has 3 heteroatoms. The van der Waals surface area contributed by atoms with E-state index in [2.05, 4.69) is 17.1 Å². The van der Waals surface area contributed by atoms with Crippen LogP contribution in [0.2, 0.25) is 0 Å². The Morgan fingerprint density at radius 1 is 1.18 bits per heavy atom. The number of amides is 1. The number of carbonyl (C=O) groups is 1. The van der Waals surface area contributed by atoms with Crippen LogP contribution in [0.15, 0.2) is 0 Å². The molecule has 17 heavy (non-hydrogen) atoms. The number of hydrogen-bond donors (Lipinski definition) is 1. The van der Waals surface area contributed by atoms with Crippen molar-refractivity contribution < 1.29 is 4.79 Å². The number of hydrogen-bond acceptors (Lipinski definition) is 2. The summed E-state index contributed by atoms with van der Waals surface area (Å²) in [7, 11) is 2.02. The highest BCUT2D eigenvalue weighted by Crippen LogP contribution is 2.38. The van der Waals surface area contributed by atoms with Gasteiger partial charge in [0.1, 0.15) is 0 Å². The third-order valence-electron chi connectivity index (χ3n) is 5.06.